The molecule has 4 rings (SSSR count). The predicted octanol–water partition coefficient (Wildman–Crippen LogP) is 3.06. The molecule has 4 aromatic rings. The smallest absolute Gasteiger partial charge is 0.228 e. The maximum absolute atomic E-state index is 12.6. The van der Waals surface area contributed by atoms with Crippen LogP contribution >= 0.6 is 11.8 Å². The van der Waals surface area contributed by atoms with Gasteiger partial charge in [-0.25, -0.2) is 0 Å². The number of anilines is 1. The molecule has 0 saturated carbocycles. The summed E-state index contributed by atoms with van der Waals surface area (Å²) in [5.41, 5.74) is 3.63. The van der Waals surface area contributed by atoms with Crippen LogP contribution in [0.15, 0.2) is 59.9 Å². The van der Waals surface area contributed by atoms with Crippen LogP contribution in [0.25, 0.3) is 16.6 Å². The number of carbonyl (C=O) groups excluding carboxylic acids is 1. The Morgan fingerprint density at radius 1 is 1.19 bits per heavy atom. The van der Waals surface area contributed by atoms with E-state index in [9.17, 15) is 4.79 Å². The summed E-state index contributed by atoms with van der Waals surface area (Å²) < 4.78 is 3.69. The quantitative estimate of drug-likeness (QED) is 0.540. The Hall–Kier alpha value is -3.13. The van der Waals surface area contributed by atoms with Crippen molar-refractivity contribution in [2.75, 3.05) is 11.6 Å². The van der Waals surface area contributed by atoms with Crippen LogP contribution in [0.2, 0.25) is 0 Å². The molecule has 0 aliphatic heterocycles. The van der Waals surface area contributed by atoms with Gasteiger partial charge >= 0.3 is 0 Å². The van der Waals surface area contributed by atoms with Crippen molar-refractivity contribution in [2.45, 2.75) is 11.6 Å². The van der Waals surface area contributed by atoms with Gasteiger partial charge in [0.2, 0.25) is 11.1 Å². The minimum absolute atomic E-state index is 0.0645. The number of nitrogens with zero attached hydrogens (tertiary/aromatic N) is 5. The highest BCUT2D eigenvalue weighted by Gasteiger charge is 2.12. The third-order valence-corrected chi connectivity index (χ3v) is 4.95. The molecule has 1 amide bonds. The Morgan fingerprint density at radius 3 is 2.89 bits per heavy atom. The van der Waals surface area contributed by atoms with Gasteiger partial charge in [0.1, 0.15) is 0 Å². The molecule has 0 aliphatic rings. The molecule has 0 saturated heterocycles. The lowest BCUT2D eigenvalue weighted by molar-refractivity contribution is -0.115. The van der Waals surface area contributed by atoms with Gasteiger partial charge in [-0.15, -0.1) is 5.10 Å². The fourth-order valence-electron chi connectivity index (χ4n) is 3.13. The Labute approximate surface area is 160 Å². The lowest BCUT2D eigenvalue weighted by Gasteiger charge is -2.08. The Morgan fingerprint density at radius 2 is 2.04 bits per heavy atom. The molecule has 2 heterocycles. The summed E-state index contributed by atoms with van der Waals surface area (Å²) in [6.45, 7) is 0. The number of tetrazole rings is 1. The minimum atomic E-state index is -0.0645. The Kier molecular flexibility index (Phi) is 4.64. The van der Waals surface area contributed by atoms with Crippen LogP contribution < -0.4 is 5.32 Å². The molecule has 2 aromatic carbocycles. The maximum atomic E-state index is 12.6. The van der Waals surface area contributed by atoms with Crippen molar-refractivity contribution in [3.8, 4) is 5.69 Å². The number of benzene rings is 2. The van der Waals surface area contributed by atoms with E-state index in [4.69, 9.17) is 0 Å². The highest BCUT2D eigenvalue weighted by atomic mass is 32.2. The molecule has 0 spiro atoms. The van der Waals surface area contributed by atoms with E-state index in [0.29, 0.717) is 17.3 Å². The SMILES string of the molecule is CSc1nnnn1-c1cccc(NC(=O)Cc2cn(C)c3ccccc23)c1. The average molecular weight is 378 g/mol. The minimum Gasteiger partial charge on any atom is -0.350 e. The molecule has 0 aliphatic carbocycles. The van der Waals surface area contributed by atoms with E-state index in [-0.39, 0.29) is 5.91 Å². The van der Waals surface area contributed by atoms with Crippen LogP contribution in [-0.2, 0) is 18.3 Å². The molecular weight excluding hydrogens is 360 g/mol. The zero-order valence-corrected chi connectivity index (χ0v) is 15.8. The number of fused-ring (bicyclic) bond motifs is 1. The molecule has 136 valence electrons. The number of hydrogen-bond acceptors (Lipinski definition) is 5. The second kappa shape index (κ2) is 7.24. The number of rotatable bonds is 5. The monoisotopic (exact) mass is 378 g/mol. The Balaban J connectivity index is 1.54. The van der Waals surface area contributed by atoms with E-state index in [2.05, 4.69) is 26.9 Å². The summed E-state index contributed by atoms with van der Waals surface area (Å²) in [5, 5.41) is 16.4. The molecule has 2 aromatic heterocycles. The molecule has 0 atom stereocenters. The van der Waals surface area contributed by atoms with E-state index >= 15 is 0 Å². The van der Waals surface area contributed by atoms with Crippen molar-refractivity contribution in [1.29, 1.82) is 0 Å². The number of para-hydroxylation sites is 1. The lowest BCUT2D eigenvalue weighted by Crippen LogP contribution is -2.14. The number of aryl methyl sites for hydroxylation is 1. The van der Waals surface area contributed by atoms with Crippen molar-refractivity contribution >= 4 is 34.3 Å². The Bertz CT molecular complexity index is 1120. The normalized spacial score (nSPS) is 11.0. The molecule has 0 bridgehead atoms. The highest BCUT2D eigenvalue weighted by Crippen LogP contribution is 2.22. The van der Waals surface area contributed by atoms with Gasteiger partial charge in [0.15, 0.2) is 0 Å². The first-order chi connectivity index (χ1) is 13.2. The van der Waals surface area contributed by atoms with Gasteiger partial charge in [0.25, 0.3) is 0 Å². The van der Waals surface area contributed by atoms with Crippen molar-refractivity contribution in [3.05, 3.63) is 60.3 Å². The molecule has 27 heavy (non-hydrogen) atoms. The van der Waals surface area contributed by atoms with Crippen LogP contribution in [-0.4, -0.2) is 36.9 Å². The van der Waals surface area contributed by atoms with Crippen LogP contribution in [0, 0.1) is 0 Å². The van der Waals surface area contributed by atoms with Gasteiger partial charge in [-0.3, -0.25) is 4.79 Å². The molecule has 0 fully saturated rings. The van der Waals surface area contributed by atoms with Crippen molar-refractivity contribution in [3.63, 3.8) is 0 Å². The molecular formula is C19H18N6OS. The molecule has 7 nitrogen and oxygen atoms in total. The van der Waals surface area contributed by atoms with E-state index in [1.807, 2.05) is 66.5 Å². The van der Waals surface area contributed by atoms with Crippen LogP contribution in [0.4, 0.5) is 5.69 Å². The summed E-state index contributed by atoms with van der Waals surface area (Å²) in [5.74, 6) is -0.0645. The van der Waals surface area contributed by atoms with Crippen LogP contribution in [0.5, 0.6) is 0 Å². The van der Waals surface area contributed by atoms with E-state index in [1.165, 1.54) is 11.8 Å². The third kappa shape index (κ3) is 3.43. The zero-order valence-electron chi connectivity index (χ0n) is 15.0. The first-order valence-corrected chi connectivity index (χ1v) is 9.64. The number of aromatic nitrogens is 5. The number of amides is 1. The van der Waals surface area contributed by atoms with Gasteiger partial charge < -0.3 is 9.88 Å². The van der Waals surface area contributed by atoms with Crippen molar-refractivity contribution in [2.24, 2.45) is 7.05 Å². The number of nitrogens with one attached hydrogen (secondary N) is 1. The van der Waals surface area contributed by atoms with Crippen molar-refractivity contribution in [1.82, 2.24) is 24.8 Å². The van der Waals surface area contributed by atoms with E-state index in [0.717, 1.165) is 22.2 Å². The fraction of sp³-hybridized carbons (Fsp3) is 0.158. The standard InChI is InChI=1S/C19H18N6OS/c1-24-12-13(16-8-3-4-9-17(16)24)10-18(26)20-14-6-5-7-15(11-14)25-19(27-2)21-22-23-25/h3-9,11-12H,10H2,1-2H3,(H,20,26). The van der Waals surface area contributed by atoms with E-state index < -0.39 is 0 Å². The largest absolute Gasteiger partial charge is 0.350 e. The van der Waals surface area contributed by atoms with Gasteiger partial charge in [-0.1, -0.05) is 36.0 Å². The second-order valence-corrected chi connectivity index (χ2v) is 6.91. The molecule has 8 heteroatoms. The number of thioether (sulfide) groups is 1. The highest BCUT2D eigenvalue weighted by molar-refractivity contribution is 7.98. The van der Waals surface area contributed by atoms with Crippen LogP contribution in [0.3, 0.4) is 0 Å². The van der Waals surface area contributed by atoms with Gasteiger partial charge in [0.05, 0.1) is 12.1 Å². The zero-order chi connectivity index (χ0) is 18.8. The average Bonchev–Trinajstić information content (AvgIpc) is 3.27. The molecule has 0 unspecified atom stereocenters. The lowest BCUT2D eigenvalue weighted by atomic mass is 10.1. The summed E-state index contributed by atoms with van der Waals surface area (Å²) in [6, 6.07) is 15.6. The van der Waals surface area contributed by atoms with Gasteiger partial charge in [-0.2, -0.15) is 4.68 Å². The van der Waals surface area contributed by atoms with Crippen molar-refractivity contribution < 1.29 is 4.79 Å². The first-order valence-electron chi connectivity index (χ1n) is 8.41. The van der Waals surface area contributed by atoms with E-state index in [1.54, 1.807) is 4.68 Å². The van der Waals surface area contributed by atoms with Crippen LogP contribution in [0.1, 0.15) is 5.56 Å². The third-order valence-electron chi connectivity index (χ3n) is 4.33. The summed E-state index contributed by atoms with van der Waals surface area (Å²) in [4.78, 5) is 12.6. The molecule has 0 radical (unpaired) electrons. The summed E-state index contributed by atoms with van der Waals surface area (Å²) in [7, 11) is 1.99. The van der Waals surface area contributed by atoms with Gasteiger partial charge in [-0.05, 0) is 46.5 Å². The molecule has 1 N–H and O–H groups in total. The van der Waals surface area contributed by atoms with Gasteiger partial charge in [0, 0.05) is 29.8 Å². The fourth-order valence-corrected chi connectivity index (χ4v) is 3.56. The number of carbonyl (C=O) groups is 1. The predicted molar refractivity (Wildman–Crippen MR) is 106 cm³/mol. The summed E-state index contributed by atoms with van der Waals surface area (Å²) >= 11 is 1.46. The first kappa shape index (κ1) is 17.3. The summed E-state index contributed by atoms with van der Waals surface area (Å²) in [6.07, 6.45) is 4.23. The number of hydrogen-bond donors (Lipinski definition) is 1. The second-order valence-electron chi connectivity index (χ2n) is 6.14. The topological polar surface area (TPSA) is 77.6 Å². The maximum Gasteiger partial charge on any atom is 0.228 e.